The normalized spacial score (nSPS) is 24.7. The first-order chi connectivity index (χ1) is 7.72. The van der Waals surface area contributed by atoms with Crippen molar-refractivity contribution in [2.75, 3.05) is 25.5 Å². The first-order valence-corrected chi connectivity index (χ1v) is 6.23. The molecule has 0 amide bonds. The minimum absolute atomic E-state index is 0.571. The van der Waals surface area contributed by atoms with Crippen molar-refractivity contribution in [3.8, 4) is 0 Å². The molecule has 0 spiro atoms. The number of rotatable bonds is 3. The highest BCUT2D eigenvalue weighted by Crippen LogP contribution is 2.32. The average Bonchev–Trinajstić information content (AvgIpc) is 2.77. The first-order valence-electron chi connectivity index (χ1n) is 6.23. The van der Waals surface area contributed by atoms with Crippen molar-refractivity contribution in [1.82, 2.24) is 5.32 Å². The van der Waals surface area contributed by atoms with Crippen LogP contribution in [-0.4, -0.2) is 20.6 Å². The van der Waals surface area contributed by atoms with E-state index in [2.05, 4.69) is 55.5 Å². The molecule has 1 N–H and O–H groups in total. The molecule has 88 valence electrons. The third kappa shape index (κ3) is 2.22. The van der Waals surface area contributed by atoms with E-state index >= 15 is 0 Å². The molecule has 1 heterocycles. The van der Waals surface area contributed by atoms with Gasteiger partial charge in [-0.1, -0.05) is 25.5 Å². The highest BCUT2D eigenvalue weighted by molar-refractivity contribution is 5.46. The molecule has 0 bridgehead atoms. The number of anilines is 1. The molecule has 1 fully saturated rings. The second-order valence-electron chi connectivity index (χ2n) is 4.87. The lowest BCUT2D eigenvalue weighted by Gasteiger charge is -2.20. The minimum Gasteiger partial charge on any atom is -0.378 e. The van der Waals surface area contributed by atoms with Gasteiger partial charge in [0.15, 0.2) is 0 Å². The van der Waals surface area contributed by atoms with Crippen molar-refractivity contribution in [2.45, 2.75) is 25.8 Å². The second-order valence-corrected chi connectivity index (χ2v) is 4.87. The van der Waals surface area contributed by atoms with Crippen molar-refractivity contribution in [1.29, 1.82) is 0 Å². The molecule has 1 aliphatic rings. The Bertz CT molecular complexity index is 329. The van der Waals surface area contributed by atoms with Crippen LogP contribution in [0, 0.1) is 5.92 Å². The summed E-state index contributed by atoms with van der Waals surface area (Å²) in [5.74, 6) is 0.810. The van der Waals surface area contributed by atoms with E-state index in [1.807, 2.05) is 0 Å². The quantitative estimate of drug-likeness (QED) is 0.839. The topological polar surface area (TPSA) is 15.3 Å². The van der Waals surface area contributed by atoms with Crippen LogP contribution in [0.25, 0.3) is 0 Å². The van der Waals surface area contributed by atoms with Crippen LogP contribution in [0.2, 0.25) is 0 Å². The standard InChI is InChI=1S/C14H22N2/c1-4-11-9-10-15-14(11)12-5-7-13(8-6-12)16(2)3/h5-8,11,14-15H,4,9-10H2,1-3H3/t11-,14+/m0/s1. The Morgan fingerprint density at radius 1 is 1.25 bits per heavy atom. The molecule has 2 heteroatoms. The number of benzene rings is 1. The molecule has 0 radical (unpaired) electrons. The molecule has 16 heavy (non-hydrogen) atoms. The van der Waals surface area contributed by atoms with Gasteiger partial charge in [-0.05, 0) is 36.6 Å². The van der Waals surface area contributed by atoms with Gasteiger partial charge in [-0.25, -0.2) is 0 Å². The summed E-state index contributed by atoms with van der Waals surface area (Å²) in [5.41, 5.74) is 2.71. The van der Waals surface area contributed by atoms with Gasteiger partial charge in [-0.2, -0.15) is 0 Å². The number of hydrogen-bond acceptors (Lipinski definition) is 2. The monoisotopic (exact) mass is 218 g/mol. The Morgan fingerprint density at radius 2 is 1.94 bits per heavy atom. The van der Waals surface area contributed by atoms with Gasteiger partial charge in [0.2, 0.25) is 0 Å². The van der Waals surface area contributed by atoms with Crippen LogP contribution in [-0.2, 0) is 0 Å². The molecule has 2 atom stereocenters. The van der Waals surface area contributed by atoms with Crippen molar-refractivity contribution in [2.24, 2.45) is 5.92 Å². The van der Waals surface area contributed by atoms with Crippen LogP contribution in [0.15, 0.2) is 24.3 Å². The molecule has 1 aromatic rings. The van der Waals surface area contributed by atoms with Crippen LogP contribution in [0.5, 0.6) is 0 Å². The predicted octanol–water partition coefficient (Wildman–Crippen LogP) is 2.81. The molecule has 0 unspecified atom stereocenters. The molecule has 0 aliphatic carbocycles. The Morgan fingerprint density at radius 3 is 2.50 bits per heavy atom. The second kappa shape index (κ2) is 4.88. The van der Waals surface area contributed by atoms with E-state index in [9.17, 15) is 0 Å². The van der Waals surface area contributed by atoms with Gasteiger partial charge in [-0.3, -0.25) is 0 Å². The van der Waals surface area contributed by atoms with Gasteiger partial charge in [0.1, 0.15) is 0 Å². The van der Waals surface area contributed by atoms with Crippen LogP contribution < -0.4 is 10.2 Å². The third-order valence-corrected chi connectivity index (χ3v) is 3.64. The van der Waals surface area contributed by atoms with Crippen molar-refractivity contribution >= 4 is 5.69 Å². The predicted molar refractivity (Wildman–Crippen MR) is 69.9 cm³/mol. The average molecular weight is 218 g/mol. The fraction of sp³-hybridized carbons (Fsp3) is 0.571. The Balaban J connectivity index is 2.15. The van der Waals surface area contributed by atoms with E-state index in [4.69, 9.17) is 0 Å². The molecule has 2 nitrogen and oxygen atoms in total. The van der Waals surface area contributed by atoms with Gasteiger partial charge in [0.25, 0.3) is 0 Å². The third-order valence-electron chi connectivity index (χ3n) is 3.64. The van der Waals surface area contributed by atoms with Gasteiger partial charge in [-0.15, -0.1) is 0 Å². The maximum absolute atomic E-state index is 3.61. The van der Waals surface area contributed by atoms with Crippen LogP contribution >= 0.6 is 0 Å². The number of hydrogen-bond donors (Lipinski definition) is 1. The van der Waals surface area contributed by atoms with Crippen LogP contribution in [0.4, 0.5) is 5.69 Å². The highest BCUT2D eigenvalue weighted by Gasteiger charge is 2.26. The van der Waals surface area contributed by atoms with E-state index in [1.165, 1.54) is 30.6 Å². The summed E-state index contributed by atoms with van der Waals surface area (Å²) in [6, 6.07) is 9.52. The fourth-order valence-corrected chi connectivity index (χ4v) is 2.57. The largest absolute Gasteiger partial charge is 0.378 e. The SMILES string of the molecule is CC[C@H]1CCN[C@H]1c1ccc(N(C)C)cc1. The highest BCUT2D eigenvalue weighted by atomic mass is 15.1. The van der Waals surface area contributed by atoms with Gasteiger partial charge >= 0.3 is 0 Å². The van der Waals surface area contributed by atoms with E-state index in [1.54, 1.807) is 0 Å². The van der Waals surface area contributed by atoms with E-state index in [-0.39, 0.29) is 0 Å². The van der Waals surface area contributed by atoms with E-state index < -0.39 is 0 Å². The lowest BCUT2D eigenvalue weighted by molar-refractivity contribution is 0.449. The first kappa shape index (κ1) is 11.5. The van der Waals surface area contributed by atoms with Gasteiger partial charge in [0.05, 0.1) is 0 Å². The maximum Gasteiger partial charge on any atom is 0.0361 e. The zero-order valence-corrected chi connectivity index (χ0v) is 10.5. The number of nitrogens with zero attached hydrogens (tertiary/aromatic N) is 1. The Labute approximate surface area is 98.7 Å². The molecular formula is C14H22N2. The molecule has 1 aliphatic heterocycles. The minimum atomic E-state index is 0.571. The molecule has 1 aromatic carbocycles. The molecular weight excluding hydrogens is 196 g/mol. The van der Waals surface area contributed by atoms with Crippen molar-refractivity contribution in [3.63, 3.8) is 0 Å². The van der Waals surface area contributed by atoms with Crippen molar-refractivity contribution < 1.29 is 0 Å². The molecule has 0 aromatic heterocycles. The lowest BCUT2D eigenvalue weighted by Crippen LogP contribution is -2.17. The Hall–Kier alpha value is -1.02. The maximum atomic E-state index is 3.61. The van der Waals surface area contributed by atoms with Crippen molar-refractivity contribution in [3.05, 3.63) is 29.8 Å². The molecule has 1 saturated heterocycles. The Kier molecular flexibility index (Phi) is 3.49. The summed E-state index contributed by atoms with van der Waals surface area (Å²) < 4.78 is 0. The van der Waals surface area contributed by atoms with Gasteiger partial charge in [0, 0.05) is 25.8 Å². The zero-order chi connectivity index (χ0) is 11.5. The fourth-order valence-electron chi connectivity index (χ4n) is 2.57. The lowest BCUT2D eigenvalue weighted by atomic mass is 9.92. The summed E-state index contributed by atoms with van der Waals surface area (Å²) in [4.78, 5) is 2.14. The van der Waals surface area contributed by atoms with Crippen LogP contribution in [0.1, 0.15) is 31.4 Å². The summed E-state index contributed by atoms with van der Waals surface area (Å²) in [7, 11) is 4.16. The smallest absolute Gasteiger partial charge is 0.0361 e. The van der Waals surface area contributed by atoms with E-state index in [0.717, 1.165) is 5.92 Å². The number of nitrogens with one attached hydrogen (secondary N) is 1. The van der Waals surface area contributed by atoms with E-state index in [0.29, 0.717) is 6.04 Å². The zero-order valence-electron chi connectivity index (χ0n) is 10.5. The van der Waals surface area contributed by atoms with Crippen LogP contribution in [0.3, 0.4) is 0 Å². The summed E-state index contributed by atoms with van der Waals surface area (Å²) in [6.45, 7) is 3.46. The summed E-state index contributed by atoms with van der Waals surface area (Å²) in [5, 5.41) is 3.61. The molecule has 2 rings (SSSR count). The molecule has 0 saturated carbocycles. The summed E-state index contributed by atoms with van der Waals surface area (Å²) >= 11 is 0. The summed E-state index contributed by atoms with van der Waals surface area (Å²) in [6.07, 6.45) is 2.59. The van der Waals surface area contributed by atoms with Gasteiger partial charge < -0.3 is 10.2 Å².